The summed E-state index contributed by atoms with van der Waals surface area (Å²) in [6.07, 6.45) is 6.26. The van der Waals surface area contributed by atoms with E-state index in [0.717, 1.165) is 24.8 Å². The van der Waals surface area contributed by atoms with Crippen molar-refractivity contribution < 1.29 is 9.59 Å². The number of amides is 2. The minimum Gasteiger partial charge on any atom is -0.311 e. The number of anilines is 1. The number of unbranched alkanes of at least 4 members (excludes halogenated alkanes) is 2. The average Bonchev–Trinajstić information content (AvgIpc) is 2.97. The van der Waals surface area contributed by atoms with Crippen LogP contribution in [0.2, 0.25) is 5.02 Å². The molecule has 0 saturated carbocycles. The highest BCUT2D eigenvalue weighted by molar-refractivity contribution is 8.26. The zero-order chi connectivity index (χ0) is 20.6. The van der Waals surface area contributed by atoms with Gasteiger partial charge in [0.1, 0.15) is 10.1 Å². The molecule has 0 aliphatic carbocycles. The molecule has 29 heavy (non-hydrogen) atoms. The van der Waals surface area contributed by atoms with Crippen molar-refractivity contribution in [3.63, 3.8) is 0 Å². The molecule has 0 unspecified atom stereocenters. The lowest BCUT2D eigenvalue weighted by Crippen LogP contribution is -2.29. The van der Waals surface area contributed by atoms with Crippen molar-refractivity contribution in [3.8, 4) is 0 Å². The zero-order valence-electron chi connectivity index (χ0n) is 15.6. The van der Waals surface area contributed by atoms with Crippen molar-refractivity contribution in [1.82, 2.24) is 9.88 Å². The number of carbonyl (C=O) groups is 2. The number of pyridine rings is 1. The Bertz CT molecular complexity index is 917. The van der Waals surface area contributed by atoms with Crippen molar-refractivity contribution in [2.45, 2.75) is 25.7 Å². The Morgan fingerprint density at radius 3 is 2.69 bits per heavy atom. The number of thioether (sulfide) groups is 1. The molecule has 2 aromatic rings. The zero-order valence-corrected chi connectivity index (χ0v) is 18.0. The van der Waals surface area contributed by atoms with Crippen LogP contribution in [0.25, 0.3) is 6.08 Å². The van der Waals surface area contributed by atoms with Crippen molar-refractivity contribution >= 4 is 63.6 Å². The Balaban J connectivity index is 1.41. The molecular formula is C21H20ClN3O2S2. The summed E-state index contributed by atoms with van der Waals surface area (Å²) in [6.45, 7) is 0.560. The number of hydrogen-bond acceptors (Lipinski definition) is 5. The van der Waals surface area contributed by atoms with E-state index in [1.54, 1.807) is 35.4 Å². The number of rotatable bonds is 8. The summed E-state index contributed by atoms with van der Waals surface area (Å²) < 4.78 is 0.572. The average molecular weight is 446 g/mol. The summed E-state index contributed by atoms with van der Waals surface area (Å²) in [7, 11) is 0. The number of thiocarbonyl (C=S) groups is 1. The minimum absolute atomic E-state index is 0.0554. The lowest BCUT2D eigenvalue weighted by atomic mass is 10.1. The van der Waals surface area contributed by atoms with Gasteiger partial charge >= 0.3 is 0 Å². The van der Waals surface area contributed by atoms with Crippen LogP contribution in [-0.4, -0.2) is 32.6 Å². The van der Waals surface area contributed by atoms with Crippen LogP contribution in [0.3, 0.4) is 0 Å². The molecule has 8 heteroatoms. The summed E-state index contributed by atoms with van der Waals surface area (Å²) in [5.41, 5.74) is 0.911. The molecular weight excluding hydrogens is 426 g/mol. The summed E-state index contributed by atoms with van der Waals surface area (Å²) in [6, 6.07) is 12.7. The molecule has 1 fully saturated rings. The lowest BCUT2D eigenvalue weighted by Gasteiger charge is -2.14. The maximum Gasteiger partial charge on any atom is 0.266 e. The highest BCUT2D eigenvalue weighted by atomic mass is 35.5. The lowest BCUT2D eigenvalue weighted by molar-refractivity contribution is -0.122. The van der Waals surface area contributed by atoms with Crippen molar-refractivity contribution in [2.75, 3.05) is 11.9 Å². The van der Waals surface area contributed by atoms with Gasteiger partial charge in [0.2, 0.25) is 5.91 Å². The van der Waals surface area contributed by atoms with Crippen LogP contribution in [0.1, 0.15) is 31.2 Å². The van der Waals surface area contributed by atoms with Gasteiger partial charge in [0.25, 0.3) is 5.91 Å². The van der Waals surface area contributed by atoms with E-state index < -0.39 is 0 Å². The second-order valence-corrected chi connectivity index (χ2v) is 8.57. The molecule has 0 radical (unpaired) electrons. The predicted molar refractivity (Wildman–Crippen MR) is 123 cm³/mol. The monoisotopic (exact) mass is 445 g/mol. The van der Waals surface area contributed by atoms with Gasteiger partial charge in [-0.3, -0.25) is 14.5 Å². The summed E-state index contributed by atoms with van der Waals surface area (Å²) in [5, 5.41) is 3.42. The van der Waals surface area contributed by atoms with Gasteiger partial charge in [-0.2, -0.15) is 0 Å². The maximum absolute atomic E-state index is 12.6. The molecule has 1 N–H and O–H groups in total. The van der Waals surface area contributed by atoms with Crippen molar-refractivity contribution in [2.24, 2.45) is 0 Å². The van der Waals surface area contributed by atoms with E-state index in [4.69, 9.17) is 23.8 Å². The number of hydrogen-bond donors (Lipinski definition) is 1. The molecule has 150 valence electrons. The van der Waals surface area contributed by atoms with E-state index in [1.165, 1.54) is 11.8 Å². The van der Waals surface area contributed by atoms with Gasteiger partial charge in [-0.05, 0) is 48.7 Å². The number of halogens is 1. The summed E-state index contributed by atoms with van der Waals surface area (Å²) in [4.78, 5) is 30.9. The highest BCUT2D eigenvalue weighted by Crippen LogP contribution is 2.32. The van der Waals surface area contributed by atoms with Crippen LogP contribution in [0, 0.1) is 0 Å². The van der Waals surface area contributed by atoms with Gasteiger partial charge < -0.3 is 5.32 Å². The van der Waals surface area contributed by atoms with Gasteiger partial charge in [0.15, 0.2) is 0 Å². The third-order valence-electron chi connectivity index (χ3n) is 4.26. The summed E-state index contributed by atoms with van der Waals surface area (Å²) >= 11 is 12.6. The second kappa shape index (κ2) is 10.5. The third kappa shape index (κ3) is 6.39. The molecule has 1 aliphatic heterocycles. The molecule has 2 heterocycles. The van der Waals surface area contributed by atoms with E-state index in [0.29, 0.717) is 33.0 Å². The first-order valence-corrected chi connectivity index (χ1v) is 10.8. The highest BCUT2D eigenvalue weighted by Gasteiger charge is 2.31. The first-order valence-electron chi connectivity index (χ1n) is 9.25. The molecule has 5 nitrogen and oxygen atoms in total. The number of nitrogens with zero attached hydrogens (tertiary/aromatic N) is 2. The number of nitrogens with one attached hydrogen (secondary N) is 1. The Morgan fingerprint density at radius 1 is 1.17 bits per heavy atom. The van der Waals surface area contributed by atoms with E-state index in [1.807, 2.05) is 24.3 Å². The number of carbonyl (C=O) groups excluding carboxylic acids is 2. The van der Waals surface area contributed by atoms with E-state index in [-0.39, 0.29) is 11.8 Å². The van der Waals surface area contributed by atoms with Crippen LogP contribution in [0.15, 0.2) is 53.6 Å². The standard InChI is InChI=1S/C21H20ClN3O2S2/c22-16-10-8-15(9-11-16)14-17-20(27)25(21(28)29-17)13-5-1-2-7-19(26)24-18-6-3-4-12-23-18/h3-4,6,8-12,14H,1-2,5,7,13H2,(H,23,24,26)/b17-14-. The molecule has 0 bridgehead atoms. The van der Waals surface area contributed by atoms with Gasteiger partial charge in [0.05, 0.1) is 4.91 Å². The van der Waals surface area contributed by atoms with Crippen molar-refractivity contribution in [1.29, 1.82) is 0 Å². The number of benzene rings is 1. The smallest absolute Gasteiger partial charge is 0.266 e. The van der Waals surface area contributed by atoms with E-state index >= 15 is 0 Å². The van der Waals surface area contributed by atoms with E-state index in [9.17, 15) is 9.59 Å². The molecule has 1 saturated heterocycles. The van der Waals surface area contributed by atoms with Gasteiger partial charge in [-0.15, -0.1) is 0 Å². The fraction of sp³-hybridized carbons (Fsp3) is 0.238. The fourth-order valence-electron chi connectivity index (χ4n) is 2.78. The topological polar surface area (TPSA) is 62.3 Å². The van der Waals surface area contributed by atoms with Gasteiger partial charge in [-0.25, -0.2) is 4.98 Å². The quantitative estimate of drug-likeness (QED) is 0.346. The Kier molecular flexibility index (Phi) is 7.80. The second-order valence-electron chi connectivity index (χ2n) is 6.46. The number of aromatic nitrogens is 1. The molecule has 2 amide bonds. The normalized spacial score (nSPS) is 15.2. The molecule has 1 aliphatic rings. The van der Waals surface area contributed by atoms with Crippen LogP contribution >= 0.6 is 35.6 Å². The predicted octanol–water partition coefficient (Wildman–Crippen LogP) is 5.14. The minimum atomic E-state index is -0.0668. The molecule has 1 aromatic heterocycles. The first kappa shape index (κ1) is 21.5. The maximum atomic E-state index is 12.6. The Labute approximate surface area is 184 Å². The van der Waals surface area contributed by atoms with Crippen LogP contribution < -0.4 is 5.32 Å². The van der Waals surface area contributed by atoms with Crippen molar-refractivity contribution in [3.05, 3.63) is 64.2 Å². The molecule has 0 spiro atoms. The SMILES string of the molecule is O=C(CCCCCN1C(=O)/C(=C/c2ccc(Cl)cc2)SC1=S)Nc1ccccn1. The fourth-order valence-corrected chi connectivity index (χ4v) is 4.21. The van der Waals surface area contributed by atoms with Gasteiger partial charge in [0, 0.05) is 24.2 Å². The Morgan fingerprint density at radius 2 is 1.97 bits per heavy atom. The van der Waals surface area contributed by atoms with Gasteiger partial charge in [-0.1, -0.05) is 60.2 Å². The molecule has 3 rings (SSSR count). The Hall–Kier alpha value is -2.22. The third-order valence-corrected chi connectivity index (χ3v) is 5.89. The largest absolute Gasteiger partial charge is 0.311 e. The van der Waals surface area contributed by atoms with E-state index in [2.05, 4.69) is 10.3 Å². The van der Waals surface area contributed by atoms with Crippen LogP contribution in [0.4, 0.5) is 5.82 Å². The van der Waals surface area contributed by atoms with Crippen LogP contribution in [-0.2, 0) is 9.59 Å². The molecule has 1 aromatic carbocycles. The van der Waals surface area contributed by atoms with Crippen LogP contribution in [0.5, 0.6) is 0 Å². The first-order chi connectivity index (χ1) is 14.0. The summed E-state index contributed by atoms with van der Waals surface area (Å²) in [5.74, 6) is 0.436. The molecule has 0 atom stereocenters.